The zero-order valence-corrected chi connectivity index (χ0v) is 18.8. The van der Waals surface area contributed by atoms with E-state index in [2.05, 4.69) is 5.32 Å². The molecule has 0 saturated carbocycles. The van der Waals surface area contributed by atoms with Crippen molar-refractivity contribution in [2.75, 3.05) is 6.54 Å². The molecule has 3 atom stereocenters. The van der Waals surface area contributed by atoms with E-state index in [4.69, 9.17) is 0 Å². The monoisotopic (exact) mass is 447 g/mol. The molecular formula is C26H32F3NO2. The first-order chi connectivity index (χ1) is 15.1. The average Bonchev–Trinajstić information content (AvgIpc) is 2.76. The number of rotatable bonds is 10. The van der Waals surface area contributed by atoms with Gasteiger partial charge in [0, 0.05) is 18.4 Å². The highest BCUT2D eigenvalue weighted by Gasteiger charge is 2.30. The number of hydrogen-bond donors (Lipinski definition) is 2. The van der Waals surface area contributed by atoms with Crippen LogP contribution in [0, 0.1) is 17.8 Å². The molecule has 0 spiro atoms. The summed E-state index contributed by atoms with van der Waals surface area (Å²) in [6, 6.07) is 14.2. The first-order valence-electron chi connectivity index (χ1n) is 10.9. The Balaban J connectivity index is 2.04. The Morgan fingerprint density at radius 1 is 1.03 bits per heavy atom. The predicted octanol–water partition coefficient (Wildman–Crippen LogP) is 5.95. The number of allylic oxidation sites excluding steroid dienone is 2. The molecule has 0 fully saturated rings. The minimum atomic E-state index is -4.38. The summed E-state index contributed by atoms with van der Waals surface area (Å²) in [6.45, 7) is 6.23. The molecule has 174 valence electrons. The second-order valence-corrected chi connectivity index (χ2v) is 8.58. The zero-order valence-electron chi connectivity index (χ0n) is 18.8. The van der Waals surface area contributed by atoms with Crippen LogP contribution in [0.15, 0.2) is 66.7 Å². The number of carbonyl (C=O) groups is 1. The minimum Gasteiger partial charge on any atom is -0.388 e. The molecule has 2 rings (SSSR count). The summed E-state index contributed by atoms with van der Waals surface area (Å²) in [4.78, 5) is 12.9. The van der Waals surface area contributed by atoms with Gasteiger partial charge in [-0.05, 0) is 42.0 Å². The highest BCUT2D eigenvalue weighted by molar-refractivity contribution is 5.79. The van der Waals surface area contributed by atoms with Gasteiger partial charge in [0.15, 0.2) is 0 Å². The molecular weight excluding hydrogens is 415 g/mol. The lowest BCUT2D eigenvalue weighted by Crippen LogP contribution is -2.36. The number of nitrogens with one attached hydrogen (secondary N) is 1. The third-order valence-electron chi connectivity index (χ3n) is 5.35. The van der Waals surface area contributed by atoms with Gasteiger partial charge in [-0.15, -0.1) is 0 Å². The summed E-state index contributed by atoms with van der Waals surface area (Å²) in [5, 5.41) is 13.4. The smallest absolute Gasteiger partial charge is 0.388 e. The van der Waals surface area contributed by atoms with E-state index in [1.807, 2.05) is 63.3 Å². The fraction of sp³-hybridized carbons (Fsp3) is 0.423. The van der Waals surface area contributed by atoms with Crippen LogP contribution < -0.4 is 5.32 Å². The molecule has 2 aromatic rings. The van der Waals surface area contributed by atoms with Crippen molar-refractivity contribution in [3.05, 3.63) is 83.4 Å². The van der Waals surface area contributed by atoms with Crippen LogP contribution >= 0.6 is 0 Å². The van der Waals surface area contributed by atoms with E-state index in [1.54, 1.807) is 0 Å². The molecule has 3 nitrogen and oxygen atoms in total. The molecule has 1 amide bonds. The molecule has 6 heteroatoms. The lowest BCUT2D eigenvalue weighted by Gasteiger charge is -2.22. The largest absolute Gasteiger partial charge is 0.416 e. The standard InChI is InChI=1S/C26H32F3NO2/c1-18(2)8-7-11-22(16-20-12-14-23(15-13-20)26(27,28)29)25(32)30-17-19(3)24(31)21-9-5-4-6-10-21/h4-10,12-15,18-19,22,24,31H,11,16-17H2,1-3H3,(H,30,32)/t19-,22+,24-/m1/s1. The van der Waals surface area contributed by atoms with Crippen LogP contribution in [-0.4, -0.2) is 17.6 Å². The lowest BCUT2D eigenvalue weighted by atomic mass is 9.93. The SMILES string of the molecule is CC(C)C=CC[C@@H](Cc1ccc(C(F)(F)F)cc1)C(=O)NC[C@@H](C)[C@@H](O)c1ccccc1. The number of halogens is 3. The molecule has 0 aromatic heterocycles. The van der Waals surface area contributed by atoms with Crippen LogP contribution in [0.2, 0.25) is 0 Å². The average molecular weight is 448 g/mol. The molecule has 0 aliphatic carbocycles. The van der Waals surface area contributed by atoms with Crippen LogP contribution in [0.5, 0.6) is 0 Å². The van der Waals surface area contributed by atoms with Gasteiger partial charge in [-0.1, -0.05) is 75.4 Å². The van der Waals surface area contributed by atoms with Crippen molar-refractivity contribution in [1.29, 1.82) is 0 Å². The molecule has 0 radical (unpaired) electrons. The number of hydrogen-bond acceptors (Lipinski definition) is 2. The maximum atomic E-state index is 12.9. The van der Waals surface area contributed by atoms with E-state index in [1.165, 1.54) is 12.1 Å². The van der Waals surface area contributed by atoms with Crippen molar-refractivity contribution in [2.45, 2.75) is 45.9 Å². The van der Waals surface area contributed by atoms with Gasteiger partial charge in [0.25, 0.3) is 0 Å². The summed E-state index contributed by atoms with van der Waals surface area (Å²) in [6.07, 6.45) is -0.310. The van der Waals surface area contributed by atoms with Gasteiger partial charge in [0.1, 0.15) is 0 Å². The summed E-state index contributed by atoms with van der Waals surface area (Å²) in [5.41, 5.74) is 0.759. The molecule has 2 aromatic carbocycles. The molecule has 0 bridgehead atoms. The number of benzene rings is 2. The summed E-state index contributed by atoms with van der Waals surface area (Å²) >= 11 is 0. The molecule has 0 aliphatic heterocycles. The van der Waals surface area contributed by atoms with Gasteiger partial charge in [0.05, 0.1) is 11.7 Å². The van der Waals surface area contributed by atoms with Gasteiger partial charge in [-0.3, -0.25) is 4.79 Å². The third kappa shape index (κ3) is 8.15. The minimum absolute atomic E-state index is 0.176. The topological polar surface area (TPSA) is 49.3 Å². The van der Waals surface area contributed by atoms with E-state index in [9.17, 15) is 23.1 Å². The van der Waals surface area contributed by atoms with Gasteiger partial charge >= 0.3 is 6.18 Å². The van der Waals surface area contributed by atoms with Gasteiger partial charge in [0.2, 0.25) is 5.91 Å². The molecule has 2 N–H and O–H groups in total. The maximum Gasteiger partial charge on any atom is 0.416 e. The lowest BCUT2D eigenvalue weighted by molar-refractivity contribution is -0.137. The van der Waals surface area contributed by atoms with Crippen LogP contribution in [0.4, 0.5) is 13.2 Å². The Labute approximate surface area is 188 Å². The van der Waals surface area contributed by atoms with Crippen LogP contribution in [0.25, 0.3) is 0 Å². The number of alkyl halides is 3. The van der Waals surface area contributed by atoms with Crippen molar-refractivity contribution in [3.63, 3.8) is 0 Å². The van der Waals surface area contributed by atoms with E-state index in [0.717, 1.165) is 17.7 Å². The number of amides is 1. The first kappa shape index (κ1) is 25.7. The molecule has 0 heterocycles. The third-order valence-corrected chi connectivity index (χ3v) is 5.35. The van der Waals surface area contributed by atoms with E-state index in [0.29, 0.717) is 30.9 Å². The van der Waals surface area contributed by atoms with Crippen LogP contribution in [0.3, 0.4) is 0 Å². The molecule has 0 saturated heterocycles. The first-order valence-corrected chi connectivity index (χ1v) is 10.9. The normalized spacial score (nSPS) is 15.0. The summed E-state index contributed by atoms with van der Waals surface area (Å²) in [5.74, 6) is -0.446. The molecule has 32 heavy (non-hydrogen) atoms. The molecule has 0 aliphatic rings. The Morgan fingerprint density at radius 2 is 1.66 bits per heavy atom. The summed E-state index contributed by atoms with van der Waals surface area (Å²) in [7, 11) is 0. The van der Waals surface area contributed by atoms with Gasteiger partial charge in [-0.2, -0.15) is 13.2 Å². The highest BCUT2D eigenvalue weighted by Crippen LogP contribution is 2.29. The van der Waals surface area contributed by atoms with E-state index < -0.39 is 23.8 Å². The van der Waals surface area contributed by atoms with Crippen molar-refractivity contribution in [2.24, 2.45) is 17.8 Å². The van der Waals surface area contributed by atoms with Crippen LogP contribution in [0.1, 0.15) is 50.0 Å². The highest BCUT2D eigenvalue weighted by atomic mass is 19.4. The van der Waals surface area contributed by atoms with Crippen molar-refractivity contribution >= 4 is 5.91 Å². The predicted molar refractivity (Wildman–Crippen MR) is 121 cm³/mol. The van der Waals surface area contributed by atoms with E-state index >= 15 is 0 Å². The quantitative estimate of drug-likeness (QED) is 0.442. The van der Waals surface area contributed by atoms with Crippen molar-refractivity contribution in [3.8, 4) is 0 Å². The van der Waals surface area contributed by atoms with Gasteiger partial charge < -0.3 is 10.4 Å². The second-order valence-electron chi connectivity index (χ2n) is 8.58. The van der Waals surface area contributed by atoms with Crippen molar-refractivity contribution in [1.82, 2.24) is 5.32 Å². The Morgan fingerprint density at radius 3 is 2.22 bits per heavy atom. The fourth-order valence-corrected chi connectivity index (χ4v) is 3.41. The second kappa shape index (κ2) is 11.9. The van der Waals surface area contributed by atoms with E-state index in [-0.39, 0.29) is 11.8 Å². The Kier molecular flexibility index (Phi) is 9.51. The Bertz CT molecular complexity index is 861. The van der Waals surface area contributed by atoms with Crippen molar-refractivity contribution < 1.29 is 23.1 Å². The molecule has 0 unspecified atom stereocenters. The fourth-order valence-electron chi connectivity index (χ4n) is 3.41. The summed E-state index contributed by atoms with van der Waals surface area (Å²) < 4.78 is 38.5. The maximum absolute atomic E-state index is 12.9. The zero-order chi connectivity index (χ0) is 23.7. The van der Waals surface area contributed by atoms with Crippen LogP contribution in [-0.2, 0) is 17.4 Å². The Hall–Kier alpha value is -2.60. The van der Waals surface area contributed by atoms with Gasteiger partial charge in [-0.25, -0.2) is 0 Å². The number of aliphatic hydroxyl groups is 1. The number of carbonyl (C=O) groups excluding carboxylic acids is 1. The number of aliphatic hydroxyl groups excluding tert-OH is 1.